The zero-order valence-corrected chi connectivity index (χ0v) is 24.5. The van der Waals surface area contributed by atoms with Gasteiger partial charge in [-0.25, -0.2) is 0 Å². The molecule has 0 bridgehead atoms. The molecule has 0 aliphatic rings. The van der Waals surface area contributed by atoms with Crippen LogP contribution in [0.3, 0.4) is 0 Å². The summed E-state index contributed by atoms with van der Waals surface area (Å²) in [5, 5.41) is 36.5. The number of nitro groups is 1. The number of carbonyl (C=O) groups excluding carboxylic acids is 1. The fourth-order valence-corrected chi connectivity index (χ4v) is 4.89. The molecular formula is C30H31Cl2N3O4. The summed E-state index contributed by atoms with van der Waals surface area (Å²) in [6.45, 7) is 12.7. The van der Waals surface area contributed by atoms with Gasteiger partial charge in [0.25, 0.3) is 11.6 Å². The second kappa shape index (κ2) is 10.9. The van der Waals surface area contributed by atoms with Gasteiger partial charge in [0.05, 0.1) is 22.5 Å². The van der Waals surface area contributed by atoms with Crippen molar-refractivity contribution in [2.75, 3.05) is 5.32 Å². The third-order valence-corrected chi connectivity index (χ3v) is 7.18. The molecule has 1 atom stereocenters. The lowest BCUT2D eigenvalue weighted by atomic mass is 9.81. The third kappa shape index (κ3) is 6.19. The first-order valence-electron chi connectivity index (χ1n) is 12.3. The normalized spacial score (nSPS) is 12.5. The minimum Gasteiger partial charge on any atom is -0.507 e. The molecule has 0 heterocycles. The standard InChI is InChI=1S/C30H31Cl2N3O4/c1-16-25(35(38)39)13-22(30(5,6)7)27(36)26(16)28(37)34-24-14-23(32)19(12-21(24)29(2,3)4)20(15-33)17-8-10-18(31)11-9-17/h8-14,20,36H,1-7H3,(H,34,37). The number of benzene rings is 3. The average Bonchev–Trinajstić information content (AvgIpc) is 2.80. The zero-order chi connectivity index (χ0) is 29.4. The van der Waals surface area contributed by atoms with Gasteiger partial charge in [-0.3, -0.25) is 14.9 Å². The van der Waals surface area contributed by atoms with Crippen LogP contribution in [0.25, 0.3) is 0 Å². The molecule has 1 amide bonds. The number of phenolic OH excluding ortho intramolecular Hbond substituents is 1. The highest BCUT2D eigenvalue weighted by molar-refractivity contribution is 6.32. The summed E-state index contributed by atoms with van der Waals surface area (Å²) in [7, 11) is 0. The van der Waals surface area contributed by atoms with E-state index in [2.05, 4.69) is 11.4 Å². The van der Waals surface area contributed by atoms with E-state index < -0.39 is 27.6 Å². The monoisotopic (exact) mass is 567 g/mol. The van der Waals surface area contributed by atoms with Crippen molar-refractivity contribution >= 4 is 40.5 Å². The summed E-state index contributed by atoms with van der Waals surface area (Å²) >= 11 is 12.7. The van der Waals surface area contributed by atoms with Gasteiger partial charge in [0.1, 0.15) is 5.75 Å². The zero-order valence-electron chi connectivity index (χ0n) is 22.9. The Morgan fingerprint density at radius 2 is 1.59 bits per heavy atom. The maximum absolute atomic E-state index is 13.6. The van der Waals surface area contributed by atoms with Crippen molar-refractivity contribution in [2.24, 2.45) is 0 Å². The number of nitrogens with one attached hydrogen (secondary N) is 1. The maximum atomic E-state index is 13.6. The first kappa shape index (κ1) is 29.9. The van der Waals surface area contributed by atoms with E-state index in [-0.39, 0.29) is 33.1 Å². The van der Waals surface area contributed by atoms with Crippen LogP contribution < -0.4 is 5.32 Å². The number of aromatic hydroxyl groups is 1. The summed E-state index contributed by atoms with van der Waals surface area (Å²) in [6.07, 6.45) is 0. The molecule has 0 radical (unpaired) electrons. The summed E-state index contributed by atoms with van der Waals surface area (Å²) in [5.74, 6) is -1.70. The van der Waals surface area contributed by atoms with Gasteiger partial charge in [-0.05, 0) is 52.6 Å². The fraction of sp³-hybridized carbons (Fsp3) is 0.333. The molecule has 0 saturated heterocycles. The summed E-state index contributed by atoms with van der Waals surface area (Å²) in [6, 6.07) is 13.9. The molecule has 0 saturated carbocycles. The smallest absolute Gasteiger partial charge is 0.273 e. The van der Waals surface area contributed by atoms with E-state index in [9.17, 15) is 25.3 Å². The first-order valence-corrected chi connectivity index (χ1v) is 13.0. The number of anilines is 1. The number of carbonyl (C=O) groups is 1. The van der Waals surface area contributed by atoms with E-state index in [1.807, 2.05) is 20.8 Å². The molecule has 204 valence electrons. The van der Waals surface area contributed by atoms with Crippen LogP contribution in [-0.4, -0.2) is 15.9 Å². The van der Waals surface area contributed by atoms with Crippen molar-refractivity contribution in [3.05, 3.63) is 96.0 Å². The lowest BCUT2D eigenvalue weighted by molar-refractivity contribution is -0.385. The second-order valence-corrected chi connectivity index (χ2v) is 12.4. The molecule has 0 aromatic heterocycles. The van der Waals surface area contributed by atoms with Crippen molar-refractivity contribution in [3.63, 3.8) is 0 Å². The van der Waals surface area contributed by atoms with Crippen molar-refractivity contribution in [1.29, 1.82) is 5.26 Å². The molecule has 1 unspecified atom stereocenters. The van der Waals surface area contributed by atoms with Gasteiger partial charge in [-0.15, -0.1) is 0 Å². The highest BCUT2D eigenvalue weighted by Crippen LogP contribution is 2.42. The van der Waals surface area contributed by atoms with E-state index in [1.165, 1.54) is 13.0 Å². The molecule has 2 N–H and O–H groups in total. The Balaban J connectivity index is 2.18. The molecule has 0 fully saturated rings. The molecule has 3 aromatic carbocycles. The predicted octanol–water partition coefficient (Wildman–Crippen LogP) is 8.42. The molecule has 3 rings (SSSR count). The number of nitro benzene ring substituents is 1. The Kier molecular flexibility index (Phi) is 8.35. The van der Waals surface area contributed by atoms with Gasteiger partial charge in [0.2, 0.25) is 0 Å². The Labute approximate surface area is 238 Å². The van der Waals surface area contributed by atoms with Crippen LogP contribution in [0.15, 0.2) is 42.5 Å². The fourth-order valence-electron chi connectivity index (χ4n) is 4.49. The topological polar surface area (TPSA) is 116 Å². The first-order chi connectivity index (χ1) is 18.0. The van der Waals surface area contributed by atoms with Gasteiger partial charge in [-0.2, -0.15) is 5.26 Å². The van der Waals surface area contributed by atoms with E-state index in [1.54, 1.807) is 57.2 Å². The Morgan fingerprint density at radius 1 is 1.03 bits per heavy atom. The van der Waals surface area contributed by atoms with Crippen molar-refractivity contribution in [2.45, 2.75) is 65.2 Å². The predicted molar refractivity (Wildman–Crippen MR) is 155 cm³/mol. The minimum absolute atomic E-state index is 0.0512. The van der Waals surface area contributed by atoms with Crippen molar-refractivity contribution in [1.82, 2.24) is 0 Å². The van der Waals surface area contributed by atoms with Crippen LogP contribution in [0.1, 0.15) is 85.6 Å². The quantitative estimate of drug-likeness (QED) is 0.237. The number of amides is 1. The Morgan fingerprint density at radius 3 is 2.08 bits per heavy atom. The van der Waals surface area contributed by atoms with Gasteiger partial charge in [0, 0.05) is 32.9 Å². The van der Waals surface area contributed by atoms with Gasteiger partial charge in [-0.1, -0.05) is 82.9 Å². The van der Waals surface area contributed by atoms with Crippen LogP contribution in [0.5, 0.6) is 5.75 Å². The summed E-state index contributed by atoms with van der Waals surface area (Å²) in [4.78, 5) is 24.8. The molecule has 7 nitrogen and oxygen atoms in total. The average molecular weight is 569 g/mol. The summed E-state index contributed by atoms with van der Waals surface area (Å²) in [5.41, 5.74) is 1.11. The molecule has 3 aromatic rings. The number of halogens is 2. The minimum atomic E-state index is -0.706. The Bertz CT molecular complexity index is 1500. The number of nitriles is 1. The number of phenols is 1. The summed E-state index contributed by atoms with van der Waals surface area (Å²) < 4.78 is 0. The maximum Gasteiger partial charge on any atom is 0.273 e. The number of hydrogen-bond donors (Lipinski definition) is 2. The number of rotatable bonds is 5. The van der Waals surface area contributed by atoms with Crippen LogP contribution in [-0.2, 0) is 10.8 Å². The van der Waals surface area contributed by atoms with Gasteiger partial charge < -0.3 is 10.4 Å². The molecule has 0 spiro atoms. The molecular weight excluding hydrogens is 537 g/mol. The molecule has 9 heteroatoms. The largest absolute Gasteiger partial charge is 0.507 e. The SMILES string of the molecule is Cc1c([N+](=O)[O-])cc(C(C)(C)C)c(O)c1C(=O)Nc1cc(Cl)c(C(C#N)c2ccc(Cl)cc2)cc1C(C)(C)C. The van der Waals surface area contributed by atoms with E-state index in [0.29, 0.717) is 27.4 Å². The van der Waals surface area contributed by atoms with Crippen molar-refractivity contribution in [3.8, 4) is 11.8 Å². The lowest BCUT2D eigenvalue weighted by Crippen LogP contribution is -2.22. The van der Waals surface area contributed by atoms with Crippen molar-refractivity contribution < 1.29 is 14.8 Å². The van der Waals surface area contributed by atoms with Crippen LogP contribution in [0.2, 0.25) is 10.0 Å². The second-order valence-electron chi connectivity index (χ2n) is 11.5. The third-order valence-electron chi connectivity index (χ3n) is 6.60. The van der Waals surface area contributed by atoms with Gasteiger partial charge >= 0.3 is 0 Å². The number of hydrogen-bond acceptors (Lipinski definition) is 5. The van der Waals surface area contributed by atoms with Crippen LogP contribution >= 0.6 is 23.2 Å². The lowest BCUT2D eigenvalue weighted by Gasteiger charge is -2.26. The van der Waals surface area contributed by atoms with Crippen LogP contribution in [0, 0.1) is 28.4 Å². The molecule has 0 aliphatic carbocycles. The number of nitrogens with zero attached hydrogens (tertiary/aromatic N) is 2. The van der Waals surface area contributed by atoms with E-state index in [4.69, 9.17) is 23.2 Å². The Hall–Kier alpha value is -3.60. The molecule has 39 heavy (non-hydrogen) atoms. The highest BCUT2D eigenvalue weighted by Gasteiger charge is 2.32. The molecule has 0 aliphatic heterocycles. The van der Waals surface area contributed by atoms with E-state index in [0.717, 1.165) is 0 Å². The van der Waals surface area contributed by atoms with Gasteiger partial charge in [0.15, 0.2) is 0 Å². The van der Waals surface area contributed by atoms with Crippen LogP contribution in [0.4, 0.5) is 11.4 Å². The van der Waals surface area contributed by atoms with E-state index >= 15 is 0 Å². The highest BCUT2D eigenvalue weighted by atomic mass is 35.5.